The summed E-state index contributed by atoms with van der Waals surface area (Å²) in [6, 6.07) is 25.7. The second kappa shape index (κ2) is 23.6. The zero-order chi connectivity index (χ0) is 27.7. The average Bonchev–Trinajstić information content (AvgIpc) is 3.85. The number of anilines is 1. The normalized spacial score (nSPS) is 12.8. The number of halogens is 2. The maximum atomic E-state index is 13.3. The van der Waals surface area contributed by atoms with Crippen molar-refractivity contribution in [2.45, 2.75) is 53.5 Å². The van der Waals surface area contributed by atoms with Crippen LogP contribution in [0.3, 0.4) is 0 Å². The highest BCUT2D eigenvalue weighted by atomic mass is 19.1. The summed E-state index contributed by atoms with van der Waals surface area (Å²) in [6.07, 6.45) is 4.50. The van der Waals surface area contributed by atoms with Gasteiger partial charge in [-0.15, -0.1) is 0 Å². The van der Waals surface area contributed by atoms with Crippen molar-refractivity contribution < 1.29 is 13.5 Å². The molecule has 5 rings (SSSR count). The minimum atomic E-state index is -0.149. The Labute approximate surface area is 225 Å². The van der Waals surface area contributed by atoms with Crippen molar-refractivity contribution in [1.29, 1.82) is 0 Å². The number of rotatable bonds is 3. The molecule has 1 aliphatic heterocycles. The predicted molar refractivity (Wildman–Crippen MR) is 156 cm³/mol. The van der Waals surface area contributed by atoms with Gasteiger partial charge in [0.15, 0.2) is 0 Å². The highest BCUT2D eigenvalue weighted by Crippen LogP contribution is 2.19. The Kier molecular flexibility index (Phi) is 21.9. The number of nitrogens with zero attached hydrogens (tertiary/aromatic N) is 2. The van der Waals surface area contributed by atoms with Gasteiger partial charge < -0.3 is 14.5 Å². The summed E-state index contributed by atoms with van der Waals surface area (Å²) in [5.41, 5.74) is 1.43. The molecule has 3 aromatic carbocycles. The number of benzene rings is 3. The lowest BCUT2D eigenvalue weighted by molar-refractivity contribution is 0.122. The van der Waals surface area contributed by atoms with Crippen LogP contribution in [0.5, 0.6) is 0 Å². The van der Waals surface area contributed by atoms with Gasteiger partial charge in [0.1, 0.15) is 11.6 Å². The van der Waals surface area contributed by atoms with Crippen molar-refractivity contribution in [2.75, 3.05) is 45.3 Å². The molecule has 1 saturated carbocycles. The third-order valence-corrected chi connectivity index (χ3v) is 4.67. The quantitative estimate of drug-likeness (QED) is 0.349. The van der Waals surface area contributed by atoms with Gasteiger partial charge in [-0.1, -0.05) is 114 Å². The summed E-state index contributed by atoms with van der Waals surface area (Å²) in [4.78, 5) is 3.96. The molecule has 0 radical (unpaired) electrons. The van der Waals surface area contributed by atoms with Crippen LogP contribution in [-0.2, 0) is 11.3 Å². The van der Waals surface area contributed by atoms with Gasteiger partial charge in [-0.25, -0.2) is 8.78 Å². The van der Waals surface area contributed by atoms with E-state index in [1.807, 2.05) is 100 Å². The summed E-state index contributed by atoms with van der Waals surface area (Å²) >= 11 is 0. The smallest absolute Gasteiger partial charge is 0.146 e. The summed E-state index contributed by atoms with van der Waals surface area (Å²) in [6.45, 7) is 11.6. The van der Waals surface area contributed by atoms with Crippen LogP contribution in [-0.4, -0.2) is 45.3 Å². The van der Waals surface area contributed by atoms with Gasteiger partial charge in [0.2, 0.25) is 0 Å². The fourth-order valence-electron chi connectivity index (χ4n) is 2.86. The monoisotopic (exact) mass is 514 g/mol. The SMILES string of the molecule is C1CC1.CC.CC.CN(C)Cc1ccccc1F.Fc1ccccc1N1CCOCC1.c1ccccc1. The van der Waals surface area contributed by atoms with E-state index < -0.39 is 0 Å². The van der Waals surface area contributed by atoms with E-state index in [2.05, 4.69) is 0 Å². The van der Waals surface area contributed by atoms with Crippen LogP contribution in [0, 0.1) is 11.6 Å². The molecule has 0 unspecified atom stereocenters. The molecule has 0 aromatic heterocycles. The average molecular weight is 515 g/mol. The summed E-state index contributed by atoms with van der Waals surface area (Å²) in [5.74, 6) is -0.273. The summed E-state index contributed by atoms with van der Waals surface area (Å²) in [7, 11) is 3.85. The Bertz CT molecular complexity index is 853. The lowest BCUT2D eigenvalue weighted by atomic mass is 10.2. The maximum Gasteiger partial charge on any atom is 0.146 e. The Hall–Kier alpha value is -2.76. The van der Waals surface area contributed by atoms with Crippen LogP contribution in [0.1, 0.15) is 52.5 Å². The minimum Gasteiger partial charge on any atom is -0.378 e. The van der Waals surface area contributed by atoms with Crippen LogP contribution < -0.4 is 4.90 Å². The fraction of sp³-hybridized carbons (Fsp3) is 0.438. The number of hydrogen-bond donors (Lipinski definition) is 0. The molecule has 1 saturated heterocycles. The van der Waals surface area contributed by atoms with E-state index in [4.69, 9.17) is 4.74 Å². The van der Waals surface area contributed by atoms with Gasteiger partial charge in [0.25, 0.3) is 0 Å². The molecule has 0 bridgehead atoms. The molecule has 206 valence electrons. The van der Waals surface area contributed by atoms with Gasteiger partial charge >= 0.3 is 0 Å². The van der Waals surface area contributed by atoms with Crippen molar-refractivity contribution in [2.24, 2.45) is 0 Å². The highest BCUT2D eigenvalue weighted by molar-refractivity contribution is 5.47. The van der Waals surface area contributed by atoms with Gasteiger partial charge in [-0.05, 0) is 32.3 Å². The first kappa shape index (κ1) is 34.2. The zero-order valence-electron chi connectivity index (χ0n) is 23.8. The van der Waals surface area contributed by atoms with Crippen molar-refractivity contribution in [1.82, 2.24) is 4.90 Å². The molecule has 37 heavy (non-hydrogen) atoms. The van der Waals surface area contributed by atoms with Crippen molar-refractivity contribution >= 4 is 5.69 Å². The van der Waals surface area contributed by atoms with E-state index in [-0.39, 0.29) is 11.6 Å². The Balaban J connectivity index is 0.000000484. The first-order chi connectivity index (χ1) is 18.1. The summed E-state index contributed by atoms with van der Waals surface area (Å²) < 4.78 is 31.4. The third-order valence-electron chi connectivity index (χ3n) is 4.67. The molecule has 3 nitrogen and oxygen atoms in total. The molecular weight excluding hydrogens is 466 g/mol. The first-order valence-corrected chi connectivity index (χ1v) is 13.5. The van der Waals surface area contributed by atoms with Gasteiger partial charge in [-0.3, -0.25) is 0 Å². The third kappa shape index (κ3) is 18.2. The van der Waals surface area contributed by atoms with E-state index >= 15 is 0 Å². The zero-order valence-corrected chi connectivity index (χ0v) is 23.8. The molecular formula is C32H48F2N2O. The minimum absolute atomic E-state index is 0.124. The summed E-state index contributed by atoms with van der Waals surface area (Å²) in [5, 5.41) is 0. The standard InChI is InChI=1S/C10H12FNO.C9H12FN.C6H6.C3H6.2C2H6/c11-9-3-1-2-4-10(9)12-5-7-13-8-6-12;1-11(2)7-8-5-3-4-6-9(8)10;1-2-4-6-5-3-1;1-2-3-1;2*1-2/h1-4H,5-8H2;3-6H,7H2,1-2H3;1-6H;1-3H2;2*1-2H3. The molecule has 1 heterocycles. The van der Waals surface area contributed by atoms with Crippen LogP contribution in [0.25, 0.3) is 0 Å². The van der Waals surface area contributed by atoms with Crippen molar-refractivity contribution in [3.05, 3.63) is 102 Å². The second-order valence-corrected chi connectivity index (χ2v) is 8.10. The number of para-hydroxylation sites is 1. The Morgan fingerprint density at radius 2 is 1.08 bits per heavy atom. The molecule has 2 aliphatic rings. The van der Waals surface area contributed by atoms with E-state index in [1.54, 1.807) is 24.3 Å². The van der Waals surface area contributed by atoms with Crippen molar-refractivity contribution in [3.8, 4) is 0 Å². The molecule has 0 atom stereocenters. The number of ether oxygens (including phenoxy) is 1. The number of morpholine rings is 1. The van der Waals surface area contributed by atoms with E-state index in [0.717, 1.165) is 18.7 Å². The van der Waals surface area contributed by atoms with Crippen LogP contribution in [0.4, 0.5) is 14.5 Å². The molecule has 0 spiro atoms. The largest absolute Gasteiger partial charge is 0.378 e. The molecule has 3 aromatic rings. The second-order valence-electron chi connectivity index (χ2n) is 8.10. The number of hydrogen-bond acceptors (Lipinski definition) is 3. The van der Waals surface area contributed by atoms with E-state index in [0.29, 0.717) is 25.4 Å². The van der Waals surface area contributed by atoms with E-state index in [9.17, 15) is 8.78 Å². The lowest BCUT2D eigenvalue weighted by Crippen LogP contribution is -2.36. The molecule has 5 heteroatoms. The topological polar surface area (TPSA) is 15.7 Å². The van der Waals surface area contributed by atoms with Crippen LogP contribution in [0.2, 0.25) is 0 Å². The predicted octanol–water partition coefficient (Wildman–Crippen LogP) is 8.46. The van der Waals surface area contributed by atoms with Crippen LogP contribution in [0.15, 0.2) is 84.9 Å². The van der Waals surface area contributed by atoms with Gasteiger partial charge in [0.05, 0.1) is 18.9 Å². The Morgan fingerprint density at radius 3 is 1.49 bits per heavy atom. The van der Waals surface area contributed by atoms with Gasteiger partial charge in [0, 0.05) is 25.2 Å². The van der Waals surface area contributed by atoms with Gasteiger partial charge in [-0.2, -0.15) is 0 Å². The highest BCUT2D eigenvalue weighted by Gasteiger charge is 2.13. The Morgan fingerprint density at radius 1 is 0.649 bits per heavy atom. The molecule has 0 N–H and O–H groups in total. The van der Waals surface area contributed by atoms with E-state index in [1.165, 1.54) is 31.4 Å². The first-order valence-electron chi connectivity index (χ1n) is 13.5. The van der Waals surface area contributed by atoms with Crippen LogP contribution >= 0.6 is 0 Å². The lowest BCUT2D eigenvalue weighted by Gasteiger charge is -2.28. The fourth-order valence-corrected chi connectivity index (χ4v) is 2.86. The molecule has 1 aliphatic carbocycles. The molecule has 2 fully saturated rings. The maximum absolute atomic E-state index is 13.3. The molecule has 0 amide bonds. The van der Waals surface area contributed by atoms with Crippen molar-refractivity contribution in [3.63, 3.8) is 0 Å².